The van der Waals surface area contributed by atoms with Crippen molar-refractivity contribution < 1.29 is 75.9 Å². The van der Waals surface area contributed by atoms with Gasteiger partial charge in [0.05, 0.1) is 5.39 Å². The molecule has 0 saturated heterocycles. The maximum atomic E-state index is 11.6. The molecular formula is C36H22O15. The molecule has 0 atom stereocenters. The third kappa shape index (κ3) is 3.65. The summed E-state index contributed by atoms with van der Waals surface area (Å²) in [5.74, 6) is -17.2. The monoisotopic (exact) mass is 694 g/mol. The number of para-hydroxylation sites is 1. The first-order valence-corrected chi connectivity index (χ1v) is 14.7. The molecule has 0 fully saturated rings. The van der Waals surface area contributed by atoms with E-state index in [4.69, 9.17) is 4.42 Å². The maximum Gasteiger partial charge on any atom is 0.205 e. The van der Waals surface area contributed by atoms with Gasteiger partial charge in [-0.1, -0.05) is 30.3 Å². The van der Waals surface area contributed by atoms with Crippen molar-refractivity contribution in [1.82, 2.24) is 0 Å². The first kappa shape index (κ1) is 30.6. The molecule has 0 radical (unpaired) electrons. The van der Waals surface area contributed by atoms with Crippen LogP contribution in [-0.4, -0.2) is 71.5 Å². The Hall–Kier alpha value is -7.68. The summed E-state index contributed by atoms with van der Waals surface area (Å²) in [7, 11) is 0. The second-order valence-corrected chi connectivity index (χ2v) is 11.8. The molecule has 256 valence electrons. The highest BCUT2D eigenvalue weighted by molar-refractivity contribution is 6.32. The van der Waals surface area contributed by atoms with Gasteiger partial charge in [0.15, 0.2) is 46.0 Å². The average Bonchev–Trinajstić information content (AvgIpc) is 3.51. The molecule has 15 nitrogen and oxygen atoms in total. The van der Waals surface area contributed by atoms with Crippen LogP contribution in [0.15, 0.2) is 52.9 Å². The molecule has 0 saturated carbocycles. The predicted molar refractivity (Wildman–Crippen MR) is 180 cm³/mol. The fraction of sp³-hybridized carbons (Fsp3) is 0. The highest BCUT2D eigenvalue weighted by Gasteiger charge is 2.35. The van der Waals surface area contributed by atoms with Crippen LogP contribution in [0.1, 0.15) is 0 Å². The predicted octanol–water partition coefficient (Wildman–Crippen LogP) is 6.26. The average molecular weight is 695 g/mol. The molecule has 15 heteroatoms. The van der Waals surface area contributed by atoms with Gasteiger partial charge in [-0.2, -0.15) is 0 Å². The number of fused-ring (bicyclic) bond motifs is 6. The lowest BCUT2D eigenvalue weighted by Crippen LogP contribution is -1.95. The van der Waals surface area contributed by atoms with Gasteiger partial charge < -0.3 is 75.9 Å². The standard InChI is InChI=1S/C36H22O15/c37-23-11(8-12-18(25(23)39)26(40)32(46)31(45)24(12)38)17-21-19(27(41)33(47)35(49)29(21)43)16(20-22(17)30(44)36(50)34(48)28(20)42)10-5-3-7-14-15(10)9-4-1-2-6-13(9)51-14/h1-8,37-50H. The fourth-order valence-electron chi connectivity index (χ4n) is 6.89. The number of phenolic OH excluding ortho intramolecular Hbond substituents is 14. The number of hydrogen-bond acceptors (Lipinski definition) is 15. The Balaban J connectivity index is 1.73. The Bertz CT molecular complexity index is 2830. The minimum atomic E-state index is -1.32. The molecule has 8 rings (SSSR count). The van der Waals surface area contributed by atoms with Crippen molar-refractivity contribution in [3.8, 4) is 103 Å². The van der Waals surface area contributed by atoms with E-state index in [0.717, 1.165) is 6.07 Å². The van der Waals surface area contributed by atoms with Crippen molar-refractivity contribution in [3.05, 3.63) is 48.5 Å². The molecule has 51 heavy (non-hydrogen) atoms. The van der Waals surface area contributed by atoms with Crippen LogP contribution in [0.2, 0.25) is 0 Å². The zero-order valence-electron chi connectivity index (χ0n) is 25.3. The summed E-state index contributed by atoms with van der Waals surface area (Å²) >= 11 is 0. The third-order valence-corrected chi connectivity index (χ3v) is 9.17. The fourth-order valence-corrected chi connectivity index (χ4v) is 6.89. The van der Waals surface area contributed by atoms with Crippen LogP contribution in [0.3, 0.4) is 0 Å². The molecule has 0 aliphatic rings. The molecule has 7 aromatic carbocycles. The SMILES string of the molecule is Oc1c(O)c(O)c2c(O)c(O)c(-c3c4c(O)c(O)c(O)c(O)c4c(-c4cccc5oc6ccccc6c45)c4c(O)c(O)c(O)c(O)c34)cc2c1O. The van der Waals surface area contributed by atoms with E-state index in [1.54, 1.807) is 30.3 Å². The van der Waals surface area contributed by atoms with Crippen molar-refractivity contribution in [2.24, 2.45) is 0 Å². The van der Waals surface area contributed by atoms with Gasteiger partial charge in [0, 0.05) is 54.4 Å². The summed E-state index contributed by atoms with van der Waals surface area (Å²) < 4.78 is 5.99. The largest absolute Gasteiger partial charge is 0.504 e. The van der Waals surface area contributed by atoms with Crippen molar-refractivity contribution in [3.63, 3.8) is 0 Å². The zero-order chi connectivity index (χ0) is 36.5. The van der Waals surface area contributed by atoms with Gasteiger partial charge in [0.1, 0.15) is 11.2 Å². The first-order valence-electron chi connectivity index (χ1n) is 14.7. The second-order valence-electron chi connectivity index (χ2n) is 11.8. The van der Waals surface area contributed by atoms with E-state index in [-0.39, 0.29) is 16.7 Å². The van der Waals surface area contributed by atoms with Crippen LogP contribution in [0.25, 0.3) is 76.5 Å². The van der Waals surface area contributed by atoms with Gasteiger partial charge in [-0.3, -0.25) is 0 Å². The molecule has 0 aliphatic heterocycles. The van der Waals surface area contributed by atoms with Gasteiger partial charge in [0.25, 0.3) is 0 Å². The minimum Gasteiger partial charge on any atom is -0.504 e. The quantitative estimate of drug-likeness (QED) is 0.0540. The lowest BCUT2D eigenvalue weighted by Gasteiger charge is -2.23. The normalized spacial score (nSPS) is 11.8. The van der Waals surface area contributed by atoms with Crippen LogP contribution < -0.4 is 0 Å². The van der Waals surface area contributed by atoms with Crippen LogP contribution in [-0.2, 0) is 0 Å². The molecular weight excluding hydrogens is 672 g/mol. The van der Waals surface area contributed by atoms with Crippen LogP contribution >= 0.6 is 0 Å². The third-order valence-electron chi connectivity index (χ3n) is 9.17. The Morgan fingerprint density at radius 1 is 0.294 bits per heavy atom. The summed E-state index contributed by atoms with van der Waals surface area (Å²) in [6.07, 6.45) is 0. The van der Waals surface area contributed by atoms with E-state index >= 15 is 0 Å². The first-order chi connectivity index (χ1) is 24.2. The lowest BCUT2D eigenvalue weighted by molar-refractivity contribution is 0.349. The van der Waals surface area contributed by atoms with Gasteiger partial charge in [-0.05, 0) is 23.8 Å². The number of furan rings is 1. The Labute approximate surface area is 281 Å². The smallest absolute Gasteiger partial charge is 0.205 e. The highest BCUT2D eigenvalue weighted by atomic mass is 16.4. The maximum absolute atomic E-state index is 11.6. The second kappa shape index (κ2) is 9.93. The molecule has 0 unspecified atom stereocenters. The Morgan fingerprint density at radius 2 is 0.706 bits per heavy atom. The van der Waals surface area contributed by atoms with E-state index < -0.39 is 124 Å². The van der Waals surface area contributed by atoms with Crippen LogP contribution in [0.5, 0.6) is 80.5 Å². The summed E-state index contributed by atoms with van der Waals surface area (Å²) in [6.45, 7) is 0. The Kier molecular flexibility index (Phi) is 5.96. The van der Waals surface area contributed by atoms with Crippen LogP contribution in [0, 0.1) is 0 Å². The number of aromatic hydroxyl groups is 14. The molecule has 0 aliphatic carbocycles. The number of hydrogen-bond donors (Lipinski definition) is 14. The summed E-state index contributed by atoms with van der Waals surface area (Å²) in [5, 5.41) is 150. The summed E-state index contributed by atoms with van der Waals surface area (Å²) in [4.78, 5) is 0. The lowest BCUT2D eigenvalue weighted by atomic mass is 9.82. The topological polar surface area (TPSA) is 296 Å². The molecule has 1 aromatic heterocycles. The van der Waals surface area contributed by atoms with Crippen molar-refractivity contribution >= 4 is 54.3 Å². The number of benzene rings is 7. The zero-order valence-corrected chi connectivity index (χ0v) is 25.3. The molecule has 14 N–H and O–H groups in total. The van der Waals surface area contributed by atoms with E-state index in [2.05, 4.69) is 0 Å². The van der Waals surface area contributed by atoms with E-state index in [9.17, 15) is 71.5 Å². The molecule has 1 heterocycles. The van der Waals surface area contributed by atoms with Crippen LogP contribution in [0.4, 0.5) is 0 Å². The molecule has 0 amide bonds. The van der Waals surface area contributed by atoms with Crippen molar-refractivity contribution in [2.75, 3.05) is 0 Å². The van der Waals surface area contributed by atoms with Gasteiger partial charge in [-0.15, -0.1) is 0 Å². The van der Waals surface area contributed by atoms with Gasteiger partial charge in [-0.25, -0.2) is 0 Å². The van der Waals surface area contributed by atoms with Gasteiger partial charge in [0.2, 0.25) is 34.5 Å². The minimum absolute atomic E-state index is 0.0760. The molecule has 8 aromatic rings. The van der Waals surface area contributed by atoms with Crippen molar-refractivity contribution in [2.45, 2.75) is 0 Å². The Morgan fingerprint density at radius 3 is 1.24 bits per heavy atom. The number of rotatable bonds is 2. The van der Waals surface area contributed by atoms with E-state index in [1.807, 2.05) is 0 Å². The summed E-state index contributed by atoms with van der Waals surface area (Å²) in [5.41, 5.74) is -1.06. The highest BCUT2D eigenvalue weighted by Crippen LogP contribution is 2.64. The van der Waals surface area contributed by atoms with E-state index in [1.165, 1.54) is 12.1 Å². The van der Waals surface area contributed by atoms with Crippen molar-refractivity contribution in [1.29, 1.82) is 0 Å². The van der Waals surface area contributed by atoms with Gasteiger partial charge >= 0.3 is 0 Å². The summed E-state index contributed by atoms with van der Waals surface area (Å²) in [6, 6.07) is 12.1. The molecule has 0 bridgehead atoms. The van der Waals surface area contributed by atoms with E-state index in [0.29, 0.717) is 16.4 Å². The number of phenols is 14. The molecule has 0 spiro atoms.